The number of carboxylic acid groups (broad SMARTS) is 1. The number of carbonyl (C=O) groups is 2. The quantitative estimate of drug-likeness (QED) is 0.865. The smallest absolute Gasteiger partial charge is 0.346 e. The molecule has 4 nitrogen and oxygen atoms in total. The van der Waals surface area contributed by atoms with Gasteiger partial charge in [-0.15, -0.1) is 11.3 Å². The fraction of sp³-hybridized carbons (Fsp3) is 0.571. The van der Waals surface area contributed by atoms with E-state index in [9.17, 15) is 9.59 Å². The van der Waals surface area contributed by atoms with E-state index in [2.05, 4.69) is 5.32 Å². The first-order valence-corrected chi connectivity index (χ1v) is 7.51. The molecule has 1 amide bonds. The van der Waals surface area contributed by atoms with Gasteiger partial charge in [0.1, 0.15) is 4.88 Å². The van der Waals surface area contributed by atoms with Crippen LogP contribution in [0, 0.1) is 12.8 Å². The number of hydrogen-bond donors (Lipinski definition) is 2. The summed E-state index contributed by atoms with van der Waals surface area (Å²) >= 11 is 1.12. The van der Waals surface area contributed by atoms with Crippen LogP contribution in [0.2, 0.25) is 0 Å². The van der Waals surface area contributed by atoms with Gasteiger partial charge in [0.25, 0.3) is 0 Å². The highest BCUT2D eigenvalue weighted by Crippen LogP contribution is 2.29. The molecule has 2 rings (SSSR count). The SMILES string of the molecule is Cc1cc(NC(=O)CCC2CCCC2)sc1C(=O)O. The van der Waals surface area contributed by atoms with Gasteiger partial charge < -0.3 is 10.4 Å². The number of anilines is 1. The number of rotatable bonds is 5. The fourth-order valence-electron chi connectivity index (χ4n) is 2.59. The van der Waals surface area contributed by atoms with Crippen LogP contribution in [0.1, 0.15) is 53.8 Å². The number of thiophene rings is 1. The summed E-state index contributed by atoms with van der Waals surface area (Å²) in [4.78, 5) is 23.0. The lowest BCUT2D eigenvalue weighted by atomic mass is 10.0. The highest BCUT2D eigenvalue weighted by molar-refractivity contribution is 7.18. The molecule has 1 heterocycles. The van der Waals surface area contributed by atoms with E-state index in [1.165, 1.54) is 25.7 Å². The molecule has 104 valence electrons. The number of amides is 1. The third kappa shape index (κ3) is 3.80. The molecule has 0 aliphatic heterocycles. The van der Waals surface area contributed by atoms with Crippen molar-refractivity contribution >= 4 is 28.2 Å². The van der Waals surface area contributed by atoms with Crippen LogP contribution in [0.4, 0.5) is 5.00 Å². The van der Waals surface area contributed by atoms with Crippen LogP contribution in [-0.4, -0.2) is 17.0 Å². The minimum atomic E-state index is -0.936. The lowest BCUT2D eigenvalue weighted by Crippen LogP contribution is -2.11. The Morgan fingerprint density at radius 3 is 2.68 bits per heavy atom. The summed E-state index contributed by atoms with van der Waals surface area (Å²) in [6, 6.07) is 1.72. The summed E-state index contributed by atoms with van der Waals surface area (Å²) in [7, 11) is 0. The Morgan fingerprint density at radius 2 is 2.11 bits per heavy atom. The first-order valence-electron chi connectivity index (χ1n) is 6.70. The van der Waals surface area contributed by atoms with Gasteiger partial charge >= 0.3 is 5.97 Å². The van der Waals surface area contributed by atoms with E-state index >= 15 is 0 Å². The summed E-state index contributed by atoms with van der Waals surface area (Å²) in [6.07, 6.45) is 6.55. The standard InChI is InChI=1S/C14H19NO3S/c1-9-8-12(19-13(9)14(17)18)15-11(16)7-6-10-4-2-3-5-10/h8,10H,2-7H2,1H3,(H,15,16)(H,17,18). The maximum atomic E-state index is 11.8. The Bertz CT molecular complexity index is 475. The van der Waals surface area contributed by atoms with Gasteiger partial charge in [-0.2, -0.15) is 0 Å². The van der Waals surface area contributed by atoms with Crippen molar-refractivity contribution in [1.82, 2.24) is 0 Å². The Kier molecular flexibility index (Phi) is 4.58. The molecule has 19 heavy (non-hydrogen) atoms. The molecule has 0 aromatic carbocycles. The number of aryl methyl sites for hydroxylation is 1. The minimum absolute atomic E-state index is 0.00918. The fourth-order valence-corrected chi connectivity index (χ4v) is 3.52. The van der Waals surface area contributed by atoms with Crippen LogP contribution in [0.25, 0.3) is 0 Å². The second-order valence-electron chi connectivity index (χ2n) is 5.17. The van der Waals surface area contributed by atoms with E-state index in [1.807, 2.05) is 0 Å². The molecule has 1 aliphatic carbocycles. The number of nitrogens with one attached hydrogen (secondary N) is 1. The van der Waals surface area contributed by atoms with Crippen molar-refractivity contribution in [1.29, 1.82) is 0 Å². The number of carboxylic acids is 1. The van der Waals surface area contributed by atoms with Crippen molar-refractivity contribution in [2.75, 3.05) is 5.32 Å². The lowest BCUT2D eigenvalue weighted by molar-refractivity contribution is -0.116. The summed E-state index contributed by atoms with van der Waals surface area (Å²) in [5.41, 5.74) is 0.698. The van der Waals surface area contributed by atoms with Gasteiger partial charge in [-0.05, 0) is 30.9 Å². The molecule has 0 saturated heterocycles. The molecular formula is C14H19NO3S. The molecule has 0 bridgehead atoms. The van der Waals surface area contributed by atoms with E-state index in [0.29, 0.717) is 27.8 Å². The summed E-state index contributed by atoms with van der Waals surface area (Å²) < 4.78 is 0. The zero-order valence-electron chi connectivity index (χ0n) is 11.1. The van der Waals surface area contributed by atoms with Gasteiger partial charge in [0.2, 0.25) is 5.91 Å². The Balaban J connectivity index is 1.84. The van der Waals surface area contributed by atoms with Crippen LogP contribution in [0.3, 0.4) is 0 Å². The van der Waals surface area contributed by atoms with Gasteiger partial charge in [0.15, 0.2) is 0 Å². The molecule has 2 N–H and O–H groups in total. The van der Waals surface area contributed by atoms with E-state index in [1.54, 1.807) is 13.0 Å². The average molecular weight is 281 g/mol. The van der Waals surface area contributed by atoms with Crippen LogP contribution in [-0.2, 0) is 4.79 Å². The van der Waals surface area contributed by atoms with E-state index in [4.69, 9.17) is 5.11 Å². The first-order chi connectivity index (χ1) is 9.06. The zero-order valence-corrected chi connectivity index (χ0v) is 11.9. The molecule has 1 aromatic rings. The summed E-state index contributed by atoms with van der Waals surface area (Å²) in [5.74, 6) is -0.246. The molecule has 5 heteroatoms. The average Bonchev–Trinajstić information content (AvgIpc) is 2.96. The van der Waals surface area contributed by atoms with E-state index in [-0.39, 0.29) is 5.91 Å². The maximum Gasteiger partial charge on any atom is 0.346 e. The molecule has 0 unspecified atom stereocenters. The Morgan fingerprint density at radius 1 is 1.42 bits per heavy atom. The highest BCUT2D eigenvalue weighted by atomic mass is 32.1. The molecule has 0 atom stereocenters. The number of carbonyl (C=O) groups excluding carboxylic acids is 1. The predicted octanol–water partition coefficient (Wildman–Crippen LogP) is 3.66. The third-order valence-corrected chi connectivity index (χ3v) is 4.77. The van der Waals surface area contributed by atoms with Crippen LogP contribution in [0.5, 0.6) is 0 Å². The maximum absolute atomic E-state index is 11.8. The van der Waals surface area contributed by atoms with Crippen molar-refractivity contribution in [2.24, 2.45) is 5.92 Å². The van der Waals surface area contributed by atoms with E-state index in [0.717, 1.165) is 17.8 Å². The number of aromatic carboxylic acids is 1. The lowest BCUT2D eigenvalue weighted by Gasteiger charge is -2.07. The van der Waals surface area contributed by atoms with Gasteiger partial charge in [-0.1, -0.05) is 25.7 Å². The van der Waals surface area contributed by atoms with Crippen LogP contribution < -0.4 is 5.32 Å². The van der Waals surface area contributed by atoms with E-state index < -0.39 is 5.97 Å². The second kappa shape index (κ2) is 6.19. The van der Waals surface area contributed by atoms with Crippen molar-refractivity contribution in [3.8, 4) is 0 Å². The third-order valence-electron chi connectivity index (χ3n) is 3.63. The van der Waals surface area contributed by atoms with Crippen molar-refractivity contribution < 1.29 is 14.7 Å². The van der Waals surface area contributed by atoms with Crippen molar-refractivity contribution in [3.63, 3.8) is 0 Å². The van der Waals surface area contributed by atoms with Crippen molar-refractivity contribution in [3.05, 3.63) is 16.5 Å². The van der Waals surface area contributed by atoms with Gasteiger partial charge in [0.05, 0.1) is 5.00 Å². The van der Waals surface area contributed by atoms with Crippen LogP contribution in [0.15, 0.2) is 6.07 Å². The topological polar surface area (TPSA) is 66.4 Å². The Labute approximate surface area is 116 Å². The zero-order chi connectivity index (χ0) is 13.8. The Hall–Kier alpha value is -1.36. The summed E-state index contributed by atoms with van der Waals surface area (Å²) in [5, 5.41) is 12.4. The monoisotopic (exact) mass is 281 g/mol. The van der Waals surface area contributed by atoms with Gasteiger partial charge in [-0.3, -0.25) is 4.79 Å². The second-order valence-corrected chi connectivity index (χ2v) is 6.22. The molecule has 1 aromatic heterocycles. The number of hydrogen-bond acceptors (Lipinski definition) is 3. The molecule has 0 radical (unpaired) electrons. The van der Waals surface area contributed by atoms with Gasteiger partial charge in [0, 0.05) is 6.42 Å². The van der Waals surface area contributed by atoms with Crippen molar-refractivity contribution in [2.45, 2.75) is 45.4 Å². The largest absolute Gasteiger partial charge is 0.477 e. The molecule has 0 spiro atoms. The predicted molar refractivity (Wildman–Crippen MR) is 75.8 cm³/mol. The molecule has 1 fully saturated rings. The molecule has 1 aliphatic rings. The minimum Gasteiger partial charge on any atom is -0.477 e. The summed E-state index contributed by atoms with van der Waals surface area (Å²) in [6.45, 7) is 1.74. The molecule has 1 saturated carbocycles. The normalized spacial score (nSPS) is 15.6. The highest BCUT2D eigenvalue weighted by Gasteiger charge is 2.17. The van der Waals surface area contributed by atoms with Gasteiger partial charge in [-0.25, -0.2) is 4.79 Å². The first kappa shape index (κ1) is 14.1. The van der Waals surface area contributed by atoms with Crippen LogP contribution >= 0.6 is 11.3 Å². The molecular weight excluding hydrogens is 262 g/mol.